The van der Waals surface area contributed by atoms with Gasteiger partial charge in [-0.25, -0.2) is 0 Å². The van der Waals surface area contributed by atoms with Crippen molar-refractivity contribution >= 4 is 48.6 Å². The lowest BCUT2D eigenvalue weighted by molar-refractivity contribution is 0.563. The van der Waals surface area contributed by atoms with Crippen LogP contribution in [0.3, 0.4) is 0 Å². The molecule has 0 bridgehead atoms. The molecule has 0 radical (unpaired) electrons. The normalized spacial score (nSPS) is 14.1. The predicted octanol–water partition coefficient (Wildman–Crippen LogP) is 15.9. The molecule has 0 atom stereocenters. The van der Waals surface area contributed by atoms with Gasteiger partial charge in [0.05, 0.1) is 5.41 Å². The molecule has 2 aliphatic carbocycles. The van der Waals surface area contributed by atoms with E-state index in [2.05, 4.69) is 231 Å². The van der Waals surface area contributed by atoms with Gasteiger partial charge in [-0.05, 0) is 115 Å². The number of thiophene rings is 1. The van der Waals surface area contributed by atoms with Gasteiger partial charge in [0.2, 0.25) is 0 Å². The van der Waals surface area contributed by atoms with Crippen molar-refractivity contribution in [3.63, 3.8) is 0 Å². The summed E-state index contributed by atoms with van der Waals surface area (Å²) in [6.45, 7) is 4.78. The molecule has 284 valence electrons. The Morgan fingerprint density at radius 3 is 1.55 bits per heavy atom. The molecule has 0 fully saturated rings. The van der Waals surface area contributed by atoms with Crippen LogP contribution in [0.2, 0.25) is 0 Å². The Hall–Kier alpha value is -7.00. The summed E-state index contributed by atoms with van der Waals surface area (Å²) >= 11 is 1.87. The van der Waals surface area contributed by atoms with Crippen molar-refractivity contribution in [2.45, 2.75) is 24.7 Å². The Labute approximate surface area is 355 Å². The minimum atomic E-state index is -0.473. The highest BCUT2D eigenvalue weighted by Crippen LogP contribution is 2.62. The third kappa shape index (κ3) is 4.98. The molecule has 9 aromatic carbocycles. The zero-order valence-electron chi connectivity index (χ0n) is 33.6. The molecule has 2 aliphatic rings. The summed E-state index contributed by atoms with van der Waals surface area (Å²) in [4.78, 5) is 2.45. The summed E-state index contributed by atoms with van der Waals surface area (Å²) in [6, 6.07) is 79.2. The molecule has 2 heteroatoms. The second-order valence-electron chi connectivity index (χ2n) is 16.8. The van der Waals surface area contributed by atoms with Gasteiger partial charge in [0.15, 0.2) is 0 Å². The molecular weight excluding hydrogens is 743 g/mol. The SMILES string of the molecule is CC1(C)c2ccccc2C2(c3ccccc3-c3ccc(N(c4ccc(-c5ccccc5)cc4)c4ccc(-c5cccc6sc7ccccc7c56)cc4)cc32)c2ccccc21. The highest BCUT2D eigenvalue weighted by molar-refractivity contribution is 7.25. The van der Waals surface area contributed by atoms with Gasteiger partial charge in [0, 0.05) is 42.6 Å². The van der Waals surface area contributed by atoms with Gasteiger partial charge in [0.1, 0.15) is 0 Å². The highest BCUT2D eigenvalue weighted by Gasteiger charge is 2.53. The summed E-state index contributed by atoms with van der Waals surface area (Å²) < 4.78 is 2.64. The average molecular weight is 784 g/mol. The van der Waals surface area contributed by atoms with E-state index in [4.69, 9.17) is 0 Å². The smallest absolute Gasteiger partial charge is 0.0720 e. The number of nitrogens with zero attached hydrogens (tertiary/aromatic N) is 1. The van der Waals surface area contributed by atoms with Gasteiger partial charge in [-0.3, -0.25) is 0 Å². The van der Waals surface area contributed by atoms with E-state index >= 15 is 0 Å². The van der Waals surface area contributed by atoms with Crippen LogP contribution >= 0.6 is 11.3 Å². The Bertz CT molecular complexity index is 3230. The molecule has 0 saturated heterocycles. The second kappa shape index (κ2) is 13.3. The average Bonchev–Trinajstić information content (AvgIpc) is 3.83. The fourth-order valence-electron chi connectivity index (χ4n) is 10.7. The number of fused-ring (bicyclic) bond motifs is 12. The zero-order valence-corrected chi connectivity index (χ0v) is 34.4. The van der Waals surface area contributed by atoms with Crippen LogP contribution in [0.1, 0.15) is 47.2 Å². The van der Waals surface area contributed by atoms with Gasteiger partial charge >= 0.3 is 0 Å². The molecular formula is C58H41NS. The van der Waals surface area contributed by atoms with Crippen LogP contribution in [-0.2, 0) is 10.8 Å². The van der Waals surface area contributed by atoms with Gasteiger partial charge in [-0.2, -0.15) is 0 Å². The van der Waals surface area contributed by atoms with Crippen molar-refractivity contribution in [3.05, 3.63) is 246 Å². The van der Waals surface area contributed by atoms with Crippen LogP contribution < -0.4 is 4.90 Å². The monoisotopic (exact) mass is 783 g/mol. The van der Waals surface area contributed by atoms with Gasteiger partial charge < -0.3 is 4.90 Å². The fraction of sp³-hybridized carbons (Fsp3) is 0.0690. The minimum absolute atomic E-state index is 0.151. The Balaban J connectivity index is 1.07. The second-order valence-corrected chi connectivity index (χ2v) is 17.9. The van der Waals surface area contributed by atoms with Gasteiger partial charge in [-0.1, -0.05) is 178 Å². The van der Waals surface area contributed by atoms with E-state index in [0.29, 0.717) is 0 Å². The van der Waals surface area contributed by atoms with Crippen LogP contribution in [0.4, 0.5) is 17.1 Å². The van der Waals surface area contributed by atoms with Crippen LogP contribution in [0, 0.1) is 0 Å². The lowest BCUT2D eigenvalue weighted by atomic mass is 9.55. The lowest BCUT2D eigenvalue weighted by Gasteiger charge is -2.46. The van der Waals surface area contributed by atoms with Crippen molar-refractivity contribution < 1.29 is 0 Å². The molecule has 0 aliphatic heterocycles. The van der Waals surface area contributed by atoms with E-state index in [0.717, 1.165) is 17.1 Å². The van der Waals surface area contributed by atoms with E-state index in [1.165, 1.54) is 86.9 Å². The van der Waals surface area contributed by atoms with Crippen LogP contribution in [0.5, 0.6) is 0 Å². The first-order valence-corrected chi connectivity index (χ1v) is 21.7. The molecule has 1 nitrogen and oxygen atoms in total. The summed E-state index contributed by atoms with van der Waals surface area (Å²) in [5.41, 5.74) is 18.4. The Morgan fingerprint density at radius 1 is 0.350 bits per heavy atom. The molecule has 1 heterocycles. The minimum Gasteiger partial charge on any atom is -0.310 e. The van der Waals surface area contributed by atoms with Crippen LogP contribution in [0.25, 0.3) is 53.6 Å². The van der Waals surface area contributed by atoms with E-state index < -0.39 is 5.41 Å². The van der Waals surface area contributed by atoms with E-state index in [1.54, 1.807) is 0 Å². The molecule has 0 saturated carbocycles. The maximum atomic E-state index is 2.50. The Morgan fingerprint density at radius 2 is 0.850 bits per heavy atom. The van der Waals surface area contributed by atoms with Crippen molar-refractivity contribution in [1.82, 2.24) is 0 Å². The van der Waals surface area contributed by atoms with Crippen LogP contribution in [-0.4, -0.2) is 0 Å². The molecule has 1 aromatic heterocycles. The maximum absolute atomic E-state index is 2.50. The number of hydrogen-bond acceptors (Lipinski definition) is 2. The first-order valence-electron chi connectivity index (χ1n) is 20.9. The first-order chi connectivity index (χ1) is 29.5. The summed E-state index contributed by atoms with van der Waals surface area (Å²) in [7, 11) is 0. The fourth-order valence-corrected chi connectivity index (χ4v) is 11.8. The van der Waals surface area contributed by atoms with Crippen molar-refractivity contribution in [3.8, 4) is 33.4 Å². The molecule has 0 N–H and O–H groups in total. The lowest BCUT2D eigenvalue weighted by Crippen LogP contribution is -2.40. The largest absolute Gasteiger partial charge is 0.310 e. The van der Waals surface area contributed by atoms with Crippen molar-refractivity contribution in [2.24, 2.45) is 0 Å². The van der Waals surface area contributed by atoms with E-state index in [1.807, 2.05) is 11.3 Å². The van der Waals surface area contributed by atoms with Gasteiger partial charge in [0.25, 0.3) is 0 Å². The van der Waals surface area contributed by atoms with Crippen molar-refractivity contribution in [1.29, 1.82) is 0 Å². The summed E-state index contributed by atoms with van der Waals surface area (Å²) in [5.74, 6) is 0. The molecule has 0 unspecified atom stereocenters. The third-order valence-corrected chi connectivity index (χ3v) is 14.5. The number of anilines is 3. The van der Waals surface area contributed by atoms with Crippen LogP contribution in [0.15, 0.2) is 212 Å². The quantitative estimate of drug-likeness (QED) is 0.168. The third-order valence-electron chi connectivity index (χ3n) is 13.4. The molecule has 10 aromatic rings. The summed E-state index contributed by atoms with van der Waals surface area (Å²) in [6.07, 6.45) is 0. The first kappa shape index (κ1) is 35.0. The zero-order chi connectivity index (χ0) is 40.0. The van der Waals surface area contributed by atoms with Crippen molar-refractivity contribution in [2.75, 3.05) is 4.90 Å². The predicted molar refractivity (Wildman–Crippen MR) is 254 cm³/mol. The maximum Gasteiger partial charge on any atom is 0.0720 e. The highest BCUT2D eigenvalue weighted by atomic mass is 32.1. The van der Waals surface area contributed by atoms with Gasteiger partial charge in [-0.15, -0.1) is 11.3 Å². The van der Waals surface area contributed by atoms with E-state index in [9.17, 15) is 0 Å². The molecule has 12 rings (SSSR count). The van der Waals surface area contributed by atoms with E-state index in [-0.39, 0.29) is 5.41 Å². The Kier molecular flexibility index (Phi) is 7.73. The molecule has 0 amide bonds. The number of rotatable bonds is 5. The summed E-state index contributed by atoms with van der Waals surface area (Å²) in [5, 5.41) is 2.65. The molecule has 1 spiro atoms. The number of benzene rings is 9. The topological polar surface area (TPSA) is 3.24 Å². The standard InChI is InChI=1S/C58H41NS/c1-57(2)49-21-9-11-23-51(49)58(52-24-12-10-22-50(52)57)48-20-8-6-17-45(48)46-36-35-43(37-53(46)58)59(41-31-27-39(28-32-41)38-15-4-3-5-16-38)42-33-29-40(30-34-42)44-19-14-26-55-56(44)47-18-7-13-25-54(47)60-55/h3-37H,1-2H3. The molecule has 60 heavy (non-hydrogen) atoms. The number of hydrogen-bond donors (Lipinski definition) is 0.